The van der Waals surface area contributed by atoms with Gasteiger partial charge in [-0.3, -0.25) is 0 Å². The number of anilines is 1. The van der Waals surface area contributed by atoms with E-state index in [9.17, 15) is 9.90 Å². The molecule has 1 aliphatic heterocycles. The van der Waals surface area contributed by atoms with Gasteiger partial charge in [-0.1, -0.05) is 26.0 Å². The van der Waals surface area contributed by atoms with Gasteiger partial charge < -0.3 is 15.3 Å². The molecule has 1 fully saturated rings. The SMILES string of the molecule is CC(C)c1cccc(NC(=O)N2CC[C@@H](O)C2)c1. The van der Waals surface area contributed by atoms with Crippen molar-refractivity contribution >= 4 is 11.7 Å². The van der Waals surface area contributed by atoms with Crippen molar-refractivity contribution in [3.8, 4) is 0 Å². The number of nitrogens with one attached hydrogen (secondary N) is 1. The van der Waals surface area contributed by atoms with Gasteiger partial charge in [0.2, 0.25) is 0 Å². The first-order valence-corrected chi connectivity index (χ1v) is 6.40. The summed E-state index contributed by atoms with van der Waals surface area (Å²) in [7, 11) is 0. The molecular weight excluding hydrogens is 228 g/mol. The van der Waals surface area contributed by atoms with E-state index in [0.29, 0.717) is 25.4 Å². The summed E-state index contributed by atoms with van der Waals surface area (Å²) in [6.07, 6.45) is 0.289. The Labute approximate surface area is 108 Å². The second-order valence-corrected chi connectivity index (χ2v) is 5.10. The predicted octanol–water partition coefficient (Wildman–Crippen LogP) is 2.41. The van der Waals surface area contributed by atoms with Crippen molar-refractivity contribution < 1.29 is 9.90 Å². The quantitative estimate of drug-likeness (QED) is 0.844. The number of benzene rings is 1. The lowest BCUT2D eigenvalue weighted by atomic mass is 10.0. The van der Waals surface area contributed by atoms with E-state index >= 15 is 0 Å². The number of likely N-dealkylation sites (tertiary alicyclic amines) is 1. The molecule has 0 radical (unpaired) electrons. The number of carbonyl (C=O) groups is 1. The van der Waals surface area contributed by atoms with E-state index in [-0.39, 0.29) is 12.1 Å². The molecule has 1 aromatic rings. The van der Waals surface area contributed by atoms with Crippen molar-refractivity contribution in [3.63, 3.8) is 0 Å². The highest BCUT2D eigenvalue weighted by atomic mass is 16.3. The van der Waals surface area contributed by atoms with Crippen LogP contribution in [0.5, 0.6) is 0 Å². The van der Waals surface area contributed by atoms with E-state index in [1.54, 1.807) is 4.90 Å². The highest BCUT2D eigenvalue weighted by molar-refractivity contribution is 5.89. The minimum absolute atomic E-state index is 0.132. The number of β-amino-alcohol motifs (C(OH)–C–C–N with tert-alkyl or cyclic N) is 1. The molecule has 18 heavy (non-hydrogen) atoms. The minimum atomic E-state index is -0.377. The number of urea groups is 1. The summed E-state index contributed by atoms with van der Waals surface area (Å²) < 4.78 is 0. The molecule has 4 heteroatoms. The number of rotatable bonds is 2. The monoisotopic (exact) mass is 248 g/mol. The van der Waals surface area contributed by atoms with Gasteiger partial charge in [-0.2, -0.15) is 0 Å². The minimum Gasteiger partial charge on any atom is -0.391 e. The lowest BCUT2D eigenvalue weighted by molar-refractivity contribution is 0.176. The second kappa shape index (κ2) is 5.40. The molecular formula is C14H20N2O2. The summed E-state index contributed by atoms with van der Waals surface area (Å²) in [5.74, 6) is 0.440. The molecule has 0 unspecified atom stereocenters. The van der Waals surface area contributed by atoms with Crippen LogP contribution in [-0.4, -0.2) is 35.2 Å². The van der Waals surface area contributed by atoms with Crippen LogP contribution in [0.2, 0.25) is 0 Å². The Bertz CT molecular complexity index is 432. The van der Waals surface area contributed by atoms with Crippen LogP contribution in [0.1, 0.15) is 31.7 Å². The number of carbonyl (C=O) groups excluding carboxylic acids is 1. The fraction of sp³-hybridized carbons (Fsp3) is 0.500. The lowest BCUT2D eigenvalue weighted by Gasteiger charge is -2.17. The van der Waals surface area contributed by atoms with Gasteiger partial charge in [0.1, 0.15) is 0 Å². The van der Waals surface area contributed by atoms with Crippen LogP contribution >= 0.6 is 0 Å². The van der Waals surface area contributed by atoms with E-state index in [2.05, 4.69) is 25.2 Å². The molecule has 0 bridgehead atoms. The molecule has 1 heterocycles. The van der Waals surface area contributed by atoms with Gasteiger partial charge in [0.25, 0.3) is 0 Å². The maximum atomic E-state index is 11.9. The van der Waals surface area contributed by atoms with Crippen LogP contribution in [0, 0.1) is 0 Å². The third kappa shape index (κ3) is 3.01. The highest BCUT2D eigenvalue weighted by Crippen LogP contribution is 2.19. The standard InChI is InChI=1S/C14H20N2O2/c1-10(2)11-4-3-5-12(8-11)15-14(18)16-7-6-13(17)9-16/h3-5,8,10,13,17H,6-7,9H2,1-2H3,(H,15,18)/t13-/m1/s1. The van der Waals surface area contributed by atoms with Crippen LogP contribution in [0.4, 0.5) is 10.5 Å². The number of hydrogen-bond donors (Lipinski definition) is 2. The molecule has 0 spiro atoms. The highest BCUT2D eigenvalue weighted by Gasteiger charge is 2.24. The Morgan fingerprint density at radius 2 is 2.28 bits per heavy atom. The fourth-order valence-electron chi connectivity index (χ4n) is 2.10. The molecule has 2 N–H and O–H groups in total. The van der Waals surface area contributed by atoms with Crippen LogP contribution in [0.15, 0.2) is 24.3 Å². The topological polar surface area (TPSA) is 52.6 Å². The molecule has 0 saturated carbocycles. The maximum absolute atomic E-state index is 11.9. The number of aliphatic hydroxyl groups is 1. The molecule has 0 aromatic heterocycles. The smallest absolute Gasteiger partial charge is 0.321 e. The summed E-state index contributed by atoms with van der Waals surface area (Å²) in [5, 5.41) is 12.3. The lowest BCUT2D eigenvalue weighted by Crippen LogP contribution is -2.33. The Morgan fingerprint density at radius 1 is 1.50 bits per heavy atom. The first-order valence-electron chi connectivity index (χ1n) is 6.40. The van der Waals surface area contributed by atoms with Crippen LogP contribution in [0.25, 0.3) is 0 Å². The van der Waals surface area contributed by atoms with Crippen molar-refractivity contribution in [2.45, 2.75) is 32.3 Å². The molecule has 4 nitrogen and oxygen atoms in total. The summed E-state index contributed by atoms with van der Waals surface area (Å²) >= 11 is 0. The molecule has 1 aromatic carbocycles. The molecule has 1 saturated heterocycles. The molecule has 98 valence electrons. The molecule has 2 rings (SSSR count). The Hall–Kier alpha value is -1.55. The third-order valence-corrected chi connectivity index (χ3v) is 3.26. The maximum Gasteiger partial charge on any atom is 0.321 e. The zero-order valence-corrected chi connectivity index (χ0v) is 10.9. The predicted molar refractivity (Wildman–Crippen MR) is 71.7 cm³/mol. The summed E-state index contributed by atoms with van der Waals surface area (Å²) in [4.78, 5) is 13.6. The van der Waals surface area contributed by atoms with Gasteiger partial charge in [-0.25, -0.2) is 4.79 Å². The van der Waals surface area contributed by atoms with E-state index in [1.165, 1.54) is 5.56 Å². The number of hydrogen-bond acceptors (Lipinski definition) is 2. The van der Waals surface area contributed by atoms with E-state index in [1.807, 2.05) is 18.2 Å². The van der Waals surface area contributed by atoms with Crippen LogP contribution in [-0.2, 0) is 0 Å². The largest absolute Gasteiger partial charge is 0.391 e. The van der Waals surface area contributed by atoms with Gasteiger partial charge in [-0.05, 0) is 30.0 Å². The van der Waals surface area contributed by atoms with Crippen molar-refractivity contribution in [3.05, 3.63) is 29.8 Å². The molecule has 1 aliphatic rings. The number of nitrogens with zero attached hydrogens (tertiary/aromatic N) is 1. The zero-order chi connectivity index (χ0) is 13.1. The van der Waals surface area contributed by atoms with Gasteiger partial charge in [-0.15, -0.1) is 0 Å². The Kier molecular flexibility index (Phi) is 3.87. The van der Waals surface area contributed by atoms with Crippen molar-refractivity contribution in [2.24, 2.45) is 0 Å². The van der Waals surface area contributed by atoms with Crippen molar-refractivity contribution in [1.82, 2.24) is 4.90 Å². The average molecular weight is 248 g/mol. The van der Waals surface area contributed by atoms with Gasteiger partial charge >= 0.3 is 6.03 Å². The average Bonchev–Trinajstić information content (AvgIpc) is 2.76. The summed E-state index contributed by atoms with van der Waals surface area (Å²) in [6.45, 7) is 5.29. The first-order chi connectivity index (χ1) is 8.56. The molecule has 1 atom stereocenters. The van der Waals surface area contributed by atoms with Crippen molar-refractivity contribution in [1.29, 1.82) is 0 Å². The van der Waals surface area contributed by atoms with Crippen LogP contribution < -0.4 is 5.32 Å². The Morgan fingerprint density at radius 3 is 2.89 bits per heavy atom. The zero-order valence-electron chi connectivity index (χ0n) is 10.9. The van der Waals surface area contributed by atoms with E-state index in [0.717, 1.165) is 5.69 Å². The second-order valence-electron chi connectivity index (χ2n) is 5.10. The van der Waals surface area contributed by atoms with Gasteiger partial charge in [0.05, 0.1) is 6.10 Å². The van der Waals surface area contributed by atoms with E-state index in [4.69, 9.17) is 0 Å². The van der Waals surface area contributed by atoms with Crippen molar-refractivity contribution in [2.75, 3.05) is 18.4 Å². The molecule has 0 aliphatic carbocycles. The fourth-order valence-corrected chi connectivity index (χ4v) is 2.10. The van der Waals surface area contributed by atoms with E-state index < -0.39 is 0 Å². The van der Waals surface area contributed by atoms with Gasteiger partial charge in [0, 0.05) is 18.8 Å². The summed E-state index contributed by atoms with van der Waals surface area (Å²) in [5.41, 5.74) is 2.02. The third-order valence-electron chi connectivity index (χ3n) is 3.26. The molecule has 2 amide bonds. The van der Waals surface area contributed by atoms with Gasteiger partial charge in [0.15, 0.2) is 0 Å². The summed E-state index contributed by atoms with van der Waals surface area (Å²) in [6, 6.07) is 7.75. The number of aliphatic hydroxyl groups excluding tert-OH is 1. The number of amides is 2. The first kappa shape index (κ1) is 12.9. The normalized spacial score (nSPS) is 19.3. The Balaban J connectivity index is 2.00. The van der Waals surface area contributed by atoms with Crippen LogP contribution in [0.3, 0.4) is 0 Å².